The monoisotopic (exact) mass is 317 g/mol. The summed E-state index contributed by atoms with van der Waals surface area (Å²) >= 11 is 3.48. The van der Waals surface area contributed by atoms with Crippen molar-refractivity contribution in [1.29, 1.82) is 0 Å². The third kappa shape index (κ3) is 2.59. The normalized spacial score (nSPS) is 17.8. The van der Waals surface area contributed by atoms with Gasteiger partial charge >= 0.3 is 0 Å². The molecule has 1 aliphatic heterocycles. The van der Waals surface area contributed by atoms with E-state index in [0.717, 1.165) is 17.6 Å². The number of benzene rings is 1. The Morgan fingerprint density at radius 1 is 1.37 bits per heavy atom. The zero-order chi connectivity index (χ0) is 13.2. The lowest BCUT2D eigenvalue weighted by Gasteiger charge is -2.37. The summed E-state index contributed by atoms with van der Waals surface area (Å²) in [5.41, 5.74) is 3.70. The second-order valence-electron chi connectivity index (χ2n) is 4.89. The summed E-state index contributed by atoms with van der Waals surface area (Å²) in [5, 5.41) is 3.47. The summed E-state index contributed by atoms with van der Waals surface area (Å²) in [5.74, 6) is 0. The summed E-state index contributed by atoms with van der Waals surface area (Å²) in [6, 6.07) is 11.1. The maximum atomic E-state index is 4.24. The van der Waals surface area contributed by atoms with Crippen LogP contribution in [0.3, 0.4) is 0 Å². The molecular weight excluding hydrogens is 302 g/mol. The van der Waals surface area contributed by atoms with E-state index in [1.54, 1.807) is 0 Å². The predicted octanol–water partition coefficient (Wildman–Crippen LogP) is 3.66. The van der Waals surface area contributed by atoms with E-state index in [1.165, 1.54) is 16.9 Å². The van der Waals surface area contributed by atoms with Crippen molar-refractivity contribution in [1.82, 2.24) is 4.98 Å². The summed E-state index contributed by atoms with van der Waals surface area (Å²) < 4.78 is 1.03. The minimum absolute atomic E-state index is 0.467. The molecule has 0 fully saturated rings. The quantitative estimate of drug-likeness (QED) is 0.916. The molecule has 4 heteroatoms. The number of rotatable bonds is 2. The largest absolute Gasteiger partial charge is 0.381 e. The Kier molecular flexibility index (Phi) is 3.42. The number of fused-ring (bicyclic) bond motifs is 1. The van der Waals surface area contributed by atoms with Crippen LogP contribution in [0.25, 0.3) is 0 Å². The summed E-state index contributed by atoms with van der Waals surface area (Å²) in [4.78, 5) is 6.67. The molecule has 0 bridgehead atoms. The Hall–Kier alpha value is -1.55. The average molecular weight is 318 g/mol. The van der Waals surface area contributed by atoms with E-state index in [2.05, 4.69) is 68.4 Å². The van der Waals surface area contributed by atoms with Crippen molar-refractivity contribution in [2.24, 2.45) is 0 Å². The second-order valence-corrected chi connectivity index (χ2v) is 5.80. The number of anilines is 2. The number of hydrogen-bond acceptors (Lipinski definition) is 3. The highest BCUT2D eigenvalue weighted by atomic mass is 79.9. The smallest absolute Gasteiger partial charge is 0.0608 e. The Morgan fingerprint density at radius 3 is 3.05 bits per heavy atom. The van der Waals surface area contributed by atoms with Crippen LogP contribution < -0.4 is 10.2 Å². The van der Waals surface area contributed by atoms with Gasteiger partial charge in [-0.25, -0.2) is 0 Å². The van der Waals surface area contributed by atoms with Crippen LogP contribution in [0.1, 0.15) is 12.5 Å². The van der Waals surface area contributed by atoms with Gasteiger partial charge in [0.25, 0.3) is 0 Å². The topological polar surface area (TPSA) is 28.2 Å². The van der Waals surface area contributed by atoms with Gasteiger partial charge in [-0.3, -0.25) is 4.98 Å². The molecule has 1 aliphatic rings. The Labute approximate surface area is 121 Å². The first-order chi connectivity index (χ1) is 9.24. The number of nitrogens with one attached hydrogen (secondary N) is 1. The van der Waals surface area contributed by atoms with Crippen molar-refractivity contribution < 1.29 is 0 Å². The average Bonchev–Trinajstić information content (AvgIpc) is 2.42. The highest BCUT2D eigenvalue weighted by molar-refractivity contribution is 9.10. The molecule has 3 nitrogen and oxygen atoms in total. The van der Waals surface area contributed by atoms with Gasteiger partial charge in [-0.1, -0.05) is 12.1 Å². The van der Waals surface area contributed by atoms with Gasteiger partial charge < -0.3 is 10.2 Å². The van der Waals surface area contributed by atoms with Crippen LogP contribution in [0.5, 0.6) is 0 Å². The van der Waals surface area contributed by atoms with Gasteiger partial charge in [-0.05, 0) is 46.6 Å². The zero-order valence-corrected chi connectivity index (χ0v) is 12.4. The Balaban J connectivity index is 1.91. The highest BCUT2D eigenvalue weighted by Gasteiger charge is 2.22. The fourth-order valence-electron chi connectivity index (χ4n) is 2.46. The highest BCUT2D eigenvalue weighted by Crippen LogP contribution is 2.32. The lowest BCUT2D eigenvalue weighted by Crippen LogP contribution is -2.41. The van der Waals surface area contributed by atoms with Gasteiger partial charge in [0.1, 0.15) is 0 Å². The third-order valence-corrected chi connectivity index (χ3v) is 3.88. The summed E-state index contributed by atoms with van der Waals surface area (Å²) in [6.07, 6.45) is 3.75. The lowest BCUT2D eigenvalue weighted by atomic mass is 10.1. The molecule has 0 saturated heterocycles. The molecule has 0 aliphatic carbocycles. The first-order valence-corrected chi connectivity index (χ1v) is 7.22. The molecule has 0 amide bonds. The molecule has 1 unspecified atom stereocenters. The molecular formula is C15H16BrN3. The molecule has 2 heterocycles. The van der Waals surface area contributed by atoms with E-state index in [1.807, 2.05) is 12.4 Å². The van der Waals surface area contributed by atoms with Crippen molar-refractivity contribution in [3.63, 3.8) is 0 Å². The fraction of sp³-hybridized carbons (Fsp3) is 0.267. The molecule has 1 aromatic carbocycles. The van der Waals surface area contributed by atoms with E-state index in [9.17, 15) is 0 Å². The number of halogens is 1. The molecule has 1 atom stereocenters. The van der Waals surface area contributed by atoms with Crippen LogP contribution >= 0.6 is 15.9 Å². The van der Waals surface area contributed by atoms with Gasteiger partial charge in [0.05, 0.1) is 11.4 Å². The molecule has 0 spiro atoms. The number of aromatic nitrogens is 1. The maximum Gasteiger partial charge on any atom is 0.0608 e. The lowest BCUT2D eigenvalue weighted by molar-refractivity contribution is 0.640. The first-order valence-electron chi connectivity index (χ1n) is 6.43. The van der Waals surface area contributed by atoms with E-state index in [0.29, 0.717) is 6.04 Å². The van der Waals surface area contributed by atoms with Gasteiger partial charge in [-0.15, -0.1) is 0 Å². The number of pyridine rings is 1. The maximum absolute atomic E-state index is 4.24. The third-order valence-electron chi connectivity index (χ3n) is 3.45. The minimum Gasteiger partial charge on any atom is -0.381 e. The van der Waals surface area contributed by atoms with Crippen LogP contribution in [0.15, 0.2) is 47.2 Å². The fourth-order valence-corrected chi connectivity index (χ4v) is 2.87. The van der Waals surface area contributed by atoms with Crippen molar-refractivity contribution in [3.8, 4) is 0 Å². The number of nitrogens with zero attached hydrogens (tertiary/aromatic N) is 2. The van der Waals surface area contributed by atoms with E-state index >= 15 is 0 Å². The second kappa shape index (κ2) is 5.21. The molecule has 0 radical (unpaired) electrons. The summed E-state index contributed by atoms with van der Waals surface area (Å²) in [6.45, 7) is 4.10. The molecule has 1 aromatic heterocycles. The van der Waals surface area contributed by atoms with Crippen LogP contribution in [-0.2, 0) is 6.54 Å². The molecule has 1 N–H and O–H groups in total. The predicted molar refractivity (Wildman–Crippen MR) is 82.5 cm³/mol. The van der Waals surface area contributed by atoms with E-state index < -0.39 is 0 Å². The standard InChI is InChI=1S/C15H16BrN3/c1-11-7-18-14-4-2-3-5-15(14)19(11)10-12-6-13(16)9-17-8-12/h2-6,8-9,11,18H,7,10H2,1H3. The van der Waals surface area contributed by atoms with Gasteiger partial charge in [-0.2, -0.15) is 0 Å². The van der Waals surface area contributed by atoms with Gasteiger partial charge in [0.15, 0.2) is 0 Å². The Bertz CT molecular complexity index is 585. The van der Waals surface area contributed by atoms with Crippen molar-refractivity contribution in [3.05, 3.63) is 52.8 Å². The van der Waals surface area contributed by atoms with Crippen LogP contribution in [0.4, 0.5) is 11.4 Å². The van der Waals surface area contributed by atoms with Crippen LogP contribution in [0.2, 0.25) is 0 Å². The van der Waals surface area contributed by atoms with Crippen LogP contribution in [0, 0.1) is 0 Å². The number of hydrogen-bond donors (Lipinski definition) is 1. The van der Waals surface area contributed by atoms with Crippen molar-refractivity contribution >= 4 is 27.3 Å². The SMILES string of the molecule is CC1CNc2ccccc2N1Cc1cncc(Br)c1. The van der Waals surface area contributed by atoms with Crippen molar-refractivity contribution in [2.45, 2.75) is 19.5 Å². The minimum atomic E-state index is 0.467. The molecule has 3 rings (SSSR count). The van der Waals surface area contributed by atoms with E-state index in [4.69, 9.17) is 0 Å². The summed E-state index contributed by atoms with van der Waals surface area (Å²) in [7, 11) is 0. The molecule has 19 heavy (non-hydrogen) atoms. The molecule has 98 valence electrons. The van der Waals surface area contributed by atoms with E-state index in [-0.39, 0.29) is 0 Å². The zero-order valence-electron chi connectivity index (χ0n) is 10.8. The van der Waals surface area contributed by atoms with Crippen molar-refractivity contribution in [2.75, 3.05) is 16.8 Å². The number of para-hydroxylation sites is 2. The Morgan fingerprint density at radius 2 is 2.21 bits per heavy atom. The first kappa shape index (κ1) is 12.5. The van der Waals surface area contributed by atoms with Crippen LogP contribution in [-0.4, -0.2) is 17.6 Å². The molecule has 2 aromatic rings. The van der Waals surface area contributed by atoms with Gasteiger partial charge in [0.2, 0.25) is 0 Å². The van der Waals surface area contributed by atoms with Gasteiger partial charge in [0, 0.05) is 36.0 Å². The molecule has 0 saturated carbocycles.